The van der Waals surface area contributed by atoms with Gasteiger partial charge in [0.1, 0.15) is 0 Å². The Hall–Kier alpha value is -1.59. The highest BCUT2D eigenvalue weighted by atomic mass is 16.5. The van der Waals surface area contributed by atoms with E-state index >= 15 is 0 Å². The maximum Gasteiger partial charge on any atom is 0.319 e. The Labute approximate surface area is 127 Å². The van der Waals surface area contributed by atoms with E-state index in [0.29, 0.717) is 19.2 Å². The molecule has 21 heavy (non-hydrogen) atoms. The zero-order chi connectivity index (χ0) is 15.7. The summed E-state index contributed by atoms with van der Waals surface area (Å²) in [5.41, 5.74) is 1.98. The molecule has 0 aliphatic heterocycles. The number of anilines is 1. The van der Waals surface area contributed by atoms with E-state index in [2.05, 4.69) is 29.8 Å². The highest BCUT2D eigenvalue weighted by Gasteiger charge is 2.06. The zero-order valence-corrected chi connectivity index (χ0v) is 13.4. The van der Waals surface area contributed by atoms with Crippen molar-refractivity contribution < 1.29 is 9.53 Å². The summed E-state index contributed by atoms with van der Waals surface area (Å²) < 4.78 is 5.36. The molecule has 0 heterocycles. The molecule has 5 nitrogen and oxygen atoms in total. The summed E-state index contributed by atoms with van der Waals surface area (Å²) in [6.45, 7) is 10.1. The third kappa shape index (κ3) is 6.60. The molecule has 0 aliphatic rings. The molecule has 2 unspecified atom stereocenters. The summed E-state index contributed by atoms with van der Waals surface area (Å²) in [7, 11) is 0. The number of hydrogen-bond acceptors (Lipinski definition) is 3. The van der Waals surface area contributed by atoms with E-state index in [0.717, 1.165) is 12.2 Å². The van der Waals surface area contributed by atoms with Crippen LogP contribution in [0, 0.1) is 0 Å². The summed E-state index contributed by atoms with van der Waals surface area (Å²) in [5.74, 6) is 0. The van der Waals surface area contributed by atoms with E-state index in [-0.39, 0.29) is 12.1 Å². The van der Waals surface area contributed by atoms with Crippen LogP contribution in [-0.2, 0) is 4.74 Å². The molecule has 0 radical (unpaired) electrons. The molecule has 0 aromatic heterocycles. The van der Waals surface area contributed by atoms with Crippen molar-refractivity contribution in [2.24, 2.45) is 0 Å². The van der Waals surface area contributed by atoms with Crippen molar-refractivity contribution in [2.45, 2.75) is 39.8 Å². The molecule has 5 heteroatoms. The number of amides is 2. The summed E-state index contributed by atoms with van der Waals surface area (Å²) in [4.78, 5) is 11.8. The Balaban J connectivity index is 2.42. The molecule has 1 rings (SSSR count). The van der Waals surface area contributed by atoms with Gasteiger partial charge in [0, 0.05) is 24.9 Å². The van der Waals surface area contributed by atoms with Gasteiger partial charge in [-0.05, 0) is 45.0 Å². The fraction of sp³-hybridized carbons (Fsp3) is 0.562. The minimum atomic E-state index is -0.214. The summed E-state index contributed by atoms with van der Waals surface area (Å²) in [6.07, 6.45) is 0.0177. The Morgan fingerprint density at radius 1 is 1.19 bits per heavy atom. The molecule has 0 spiro atoms. The number of benzene rings is 1. The van der Waals surface area contributed by atoms with Crippen molar-refractivity contribution in [1.82, 2.24) is 10.6 Å². The second-order valence-corrected chi connectivity index (χ2v) is 5.00. The lowest BCUT2D eigenvalue weighted by Crippen LogP contribution is -2.35. The third-order valence-electron chi connectivity index (χ3n) is 3.18. The summed E-state index contributed by atoms with van der Waals surface area (Å²) in [6, 6.07) is 7.96. The monoisotopic (exact) mass is 293 g/mol. The average Bonchev–Trinajstić information content (AvgIpc) is 2.46. The lowest BCUT2D eigenvalue weighted by molar-refractivity contribution is 0.0780. The molecular formula is C16H27N3O2. The maximum absolute atomic E-state index is 11.8. The van der Waals surface area contributed by atoms with Gasteiger partial charge in [-0.2, -0.15) is 0 Å². The number of rotatable bonds is 8. The first-order chi connectivity index (χ1) is 10.1. The Morgan fingerprint density at radius 3 is 2.43 bits per heavy atom. The number of hydrogen-bond donors (Lipinski definition) is 3. The van der Waals surface area contributed by atoms with Crippen LogP contribution in [0.4, 0.5) is 10.5 Å². The minimum absolute atomic E-state index is 0.0177. The van der Waals surface area contributed by atoms with E-state index in [1.54, 1.807) is 0 Å². The molecule has 0 saturated carbocycles. The van der Waals surface area contributed by atoms with Crippen LogP contribution in [0.15, 0.2) is 24.3 Å². The second-order valence-electron chi connectivity index (χ2n) is 5.00. The number of carbonyl (C=O) groups is 1. The molecule has 3 N–H and O–H groups in total. The number of ether oxygens (including phenoxy) is 1. The topological polar surface area (TPSA) is 62.4 Å². The predicted molar refractivity (Wildman–Crippen MR) is 86.6 cm³/mol. The molecule has 2 amide bonds. The van der Waals surface area contributed by atoms with Crippen LogP contribution in [0.25, 0.3) is 0 Å². The Kier molecular flexibility index (Phi) is 7.79. The van der Waals surface area contributed by atoms with Crippen molar-refractivity contribution in [3.8, 4) is 0 Å². The fourth-order valence-corrected chi connectivity index (χ4v) is 2.03. The first-order valence-corrected chi connectivity index (χ1v) is 7.56. The van der Waals surface area contributed by atoms with Crippen LogP contribution >= 0.6 is 0 Å². The van der Waals surface area contributed by atoms with Crippen molar-refractivity contribution in [3.05, 3.63) is 29.8 Å². The van der Waals surface area contributed by atoms with Gasteiger partial charge in [0.05, 0.1) is 6.10 Å². The van der Waals surface area contributed by atoms with Crippen LogP contribution in [0.1, 0.15) is 39.3 Å². The van der Waals surface area contributed by atoms with E-state index in [9.17, 15) is 4.79 Å². The van der Waals surface area contributed by atoms with Gasteiger partial charge in [-0.25, -0.2) is 4.79 Å². The van der Waals surface area contributed by atoms with Gasteiger partial charge >= 0.3 is 6.03 Å². The van der Waals surface area contributed by atoms with Crippen molar-refractivity contribution >= 4 is 11.7 Å². The largest absolute Gasteiger partial charge is 0.377 e. The van der Waals surface area contributed by atoms with Crippen LogP contribution in [0.5, 0.6) is 0 Å². The van der Waals surface area contributed by atoms with E-state index in [1.165, 1.54) is 5.56 Å². The van der Waals surface area contributed by atoms with Crippen LogP contribution in [0.2, 0.25) is 0 Å². The van der Waals surface area contributed by atoms with Gasteiger partial charge < -0.3 is 20.7 Å². The molecule has 118 valence electrons. The average molecular weight is 293 g/mol. The standard InChI is InChI=1S/C16H27N3O2/c1-5-17-13(4)14-7-9-15(10-8-14)19-16(20)18-11-12(3)21-6-2/h7-10,12-13,17H,5-6,11H2,1-4H3,(H2,18,19,20). The second kappa shape index (κ2) is 9.37. The number of urea groups is 1. The predicted octanol–water partition coefficient (Wildman–Crippen LogP) is 2.90. The smallest absolute Gasteiger partial charge is 0.319 e. The zero-order valence-electron chi connectivity index (χ0n) is 13.4. The van der Waals surface area contributed by atoms with E-state index in [1.807, 2.05) is 38.1 Å². The van der Waals surface area contributed by atoms with Crippen LogP contribution in [-0.4, -0.2) is 31.8 Å². The van der Waals surface area contributed by atoms with E-state index < -0.39 is 0 Å². The number of carbonyl (C=O) groups excluding carboxylic acids is 1. The molecular weight excluding hydrogens is 266 g/mol. The van der Waals surface area contributed by atoms with Gasteiger partial charge in [-0.1, -0.05) is 19.1 Å². The quantitative estimate of drug-likeness (QED) is 0.690. The van der Waals surface area contributed by atoms with Gasteiger partial charge in [0.25, 0.3) is 0 Å². The molecule has 0 saturated heterocycles. The molecule has 0 aliphatic carbocycles. The lowest BCUT2D eigenvalue weighted by atomic mass is 10.1. The van der Waals surface area contributed by atoms with Crippen molar-refractivity contribution in [1.29, 1.82) is 0 Å². The van der Waals surface area contributed by atoms with Gasteiger partial charge in [-0.15, -0.1) is 0 Å². The highest BCUT2D eigenvalue weighted by molar-refractivity contribution is 5.89. The molecule has 0 bridgehead atoms. The fourth-order valence-electron chi connectivity index (χ4n) is 2.03. The lowest BCUT2D eigenvalue weighted by Gasteiger charge is -2.15. The molecule has 0 fully saturated rings. The Morgan fingerprint density at radius 2 is 1.86 bits per heavy atom. The first-order valence-electron chi connectivity index (χ1n) is 7.56. The van der Waals surface area contributed by atoms with Gasteiger partial charge in [-0.3, -0.25) is 0 Å². The van der Waals surface area contributed by atoms with E-state index in [4.69, 9.17) is 4.74 Å². The number of nitrogens with one attached hydrogen (secondary N) is 3. The van der Waals surface area contributed by atoms with Gasteiger partial charge in [0.2, 0.25) is 0 Å². The first kappa shape index (κ1) is 17.5. The summed E-state index contributed by atoms with van der Waals surface area (Å²) in [5, 5.41) is 8.95. The van der Waals surface area contributed by atoms with Crippen LogP contribution in [0.3, 0.4) is 0 Å². The van der Waals surface area contributed by atoms with Crippen molar-refractivity contribution in [3.63, 3.8) is 0 Å². The molecule has 1 aromatic rings. The highest BCUT2D eigenvalue weighted by Crippen LogP contribution is 2.15. The third-order valence-corrected chi connectivity index (χ3v) is 3.18. The molecule has 2 atom stereocenters. The maximum atomic E-state index is 11.8. The normalized spacial score (nSPS) is 13.5. The SMILES string of the molecule is CCNC(C)c1ccc(NC(=O)NCC(C)OCC)cc1. The molecule has 1 aromatic carbocycles. The van der Waals surface area contributed by atoms with Crippen LogP contribution < -0.4 is 16.0 Å². The minimum Gasteiger partial charge on any atom is -0.377 e. The Bertz CT molecular complexity index is 420. The van der Waals surface area contributed by atoms with Crippen molar-refractivity contribution in [2.75, 3.05) is 25.0 Å². The summed E-state index contributed by atoms with van der Waals surface area (Å²) >= 11 is 0. The van der Waals surface area contributed by atoms with Gasteiger partial charge in [0.15, 0.2) is 0 Å².